The Morgan fingerprint density at radius 1 is 1.43 bits per heavy atom. The van der Waals surface area contributed by atoms with Crippen LogP contribution in [0.25, 0.3) is 0 Å². The normalized spacial score (nSPS) is 38.3. The number of carbonyl (C=O) groups is 1. The van der Waals surface area contributed by atoms with Gasteiger partial charge in [0.15, 0.2) is 0 Å². The van der Waals surface area contributed by atoms with Crippen molar-refractivity contribution in [3.8, 4) is 0 Å². The fraction of sp³-hybridized carbons (Fsp3) is 0.909. The van der Waals surface area contributed by atoms with Crippen molar-refractivity contribution in [2.75, 3.05) is 7.05 Å². The second-order valence-corrected chi connectivity index (χ2v) is 4.79. The fourth-order valence-corrected chi connectivity index (χ4v) is 2.70. The van der Waals surface area contributed by atoms with Gasteiger partial charge in [0, 0.05) is 24.9 Å². The average Bonchev–Trinajstić information content (AvgIpc) is 2.30. The summed E-state index contributed by atoms with van der Waals surface area (Å²) in [7, 11) is 2.12. The van der Waals surface area contributed by atoms with E-state index in [1.54, 1.807) is 0 Å². The molecule has 2 rings (SSSR count). The minimum atomic E-state index is 0.267. The van der Waals surface area contributed by atoms with Crippen LogP contribution in [0.1, 0.15) is 33.1 Å². The first kappa shape index (κ1) is 10.1. The molecule has 0 aliphatic carbocycles. The molecule has 0 aromatic rings. The molecule has 3 heteroatoms. The summed E-state index contributed by atoms with van der Waals surface area (Å²) >= 11 is 0. The van der Waals surface area contributed by atoms with E-state index < -0.39 is 0 Å². The Hall–Kier alpha value is -0.410. The molecule has 0 N–H and O–H groups in total. The summed E-state index contributed by atoms with van der Waals surface area (Å²) in [6, 6.07) is 0.772. The first-order valence-electron chi connectivity index (χ1n) is 5.47. The van der Waals surface area contributed by atoms with Gasteiger partial charge in [-0.15, -0.1) is 0 Å². The zero-order valence-corrected chi connectivity index (χ0v) is 9.19. The molecule has 80 valence electrons. The number of rotatable bonds is 2. The van der Waals surface area contributed by atoms with E-state index >= 15 is 0 Å². The maximum absolute atomic E-state index is 11.4. The van der Waals surface area contributed by atoms with Gasteiger partial charge < -0.3 is 4.74 Å². The Morgan fingerprint density at radius 2 is 2.14 bits per heavy atom. The highest BCUT2D eigenvalue weighted by Gasteiger charge is 2.45. The van der Waals surface area contributed by atoms with Crippen molar-refractivity contribution in [3.63, 3.8) is 0 Å². The number of fused-ring (bicyclic) bond motifs is 2. The molecule has 0 aromatic carbocycles. The Balaban J connectivity index is 2.06. The van der Waals surface area contributed by atoms with Gasteiger partial charge in [-0.3, -0.25) is 9.69 Å². The van der Waals surface area contributed by atoms with Crippen molar-refractivity contribution >= 4 is 5.78 Å². The molecular formula is C11H19NO2. The lowest BCUT2D eigenvalue weighted by Crippen LogP contribution is -2.43. The monoisotopic (exact) mass is 197 g/mol. The predicted molar refractivity (Wildman–Crippen MR) is 54.2 cm³/mol. The first-order chi connectivity index (χ1) is 6.58. The van der Waals surface area contributed by atoms with Gasteiger partial charge in [-0.2, -0.15) is 0 Å². The van der Waals surface area contributed by atoms with Crippen molar-refractivity contribution < 1.29 is 9.53 Å². The SMILES string of the molecule is CC(C)OC1C[C@H]2CC(=O)C[C@@H]1N2C. The lowest BCUT2D eigenvalue weighted by molar-refractivity contribution is -0.124. The summed E-state index contributed by atoms with van der Waals surface area (Å²) in [4.78, 5) is 13.7. The van der Waals surface area contributed by atoms with E-state index in [2.05, 4.69) is 25.8 Å². The molecule has 2 aliphatic heterocycles. The maximum Gasteiger partial charge on any atom is 0.136 e. The fourth-order valence-electron chi connectivity index (χ4n) is 2.70. The maximum atomic E-state index is 11.4. The summed E-state index contributed by atoms with van der Waals surface area (Å²) < 4.78 is 5.85. The zero-order valence-electron chi connectivity index (χ0n) is 9.19. The molecule has 3 nitrogen and oxygen atoms in total. The van der Waals surface area contributed by atoms with Crippen LogP contribution in [0.4, 0.5) is 0 Å². The Kier molecular flexibility index (Phi) is 2.62. The van der Waals surface area contributed by atoms with Crippen LogP contribution in [0.15, 0.2) is 0 Å². The van der Waals surface area contributed by atoms with Crippen LogP contribution in [0.2, 0.25) is 0 Å². The Labute approximate surface area is 85.4 Å². The Bertz CT molecular complexity index is 239. The second kappa shape index (κ2) is 3.63. The van der Waals surface area contributed by atoms with Gasteiger partial charge in [-0.1, -0.05) is 0 Å². The first-order valence-corrected chi connectivity index (χ1v) is 5.47. The van der Waals surface area contributed by atoms with Gasteiger partial charge in [-0.25, -0.2) is 0 Å². The number of nitrogens with zero attached hydrogens (tertiary/aromatic N) is 1. The largest absolute Gasteiger partial charge is 0.374 e. The number of hydrogen-bond donors (Lipinski definition) is 0. The van der Waals surface area contributed by atoms with Crippen LogP contribution in [0.5, 0.6) is 0 Å². The molecule has 0 radical (unpaired) electrons. The van der Waals surface area contributed by atoms with Gasteiger partial charge in [0.05, 0.1) is 12.2 Å². The topological polar surface area (TPSA) is 29.5 Å². The molecular weight excluding hydrogens is 178 g/mol. The third-order valence-electron chi connectivity index (χ3n) is 3.38. The highest BCUT2D eigenvalue weighted by atomic mass is 16.5. The molecule has 2 heterocycles. The van der Waals surface area contributed by atoms with Gasteiger partial charge in [0.25, 0.3) is 0 Å². The molecule has 0 aromatic heterocycles. The number of Topliss-reactive ketones (excluding diaryl/α,β-unsaturated/α-hetero) is 1. The van der Waals surface area contributed by atoms with Crippen molar-refractivity contribution in [2.45, 2.75) is 57.4 Å². The smallest absolute Gasteiger partial charge is 0.136 e. The molecule has 1 unspecified atom stereocenters. The Morgan fingerprint density at radius 3 is 2.79 bits per heavy atom. The van der Waals surface area contributed by atoms with Crippen LogP contribution in [0, 0.1) is 0 Å². The summed E-state index contributed by atoms with van der Waals surface area (Å²) in [5.74, 6) is 0.410. The summed E-state index contributed by atoms with van der Waals surface area (Å²) in [6.45, 7) is 4.12. The average molecular weight is 197 g/mol. The summed E-state index contributed by atoms with van der Waals surface area (Å²) in [6.07, 6.45) is 2.99. The molecule has 0 amide bonds. The molecule has 14 heavy (non-hydrogen) atoms. The number of piperidine rings is 1. The van der Waals surface area contributed by atoms with Crippen molar-refractivity contribution in [1.29, 1.82) is 0 Å². The minimum absolute atomic E-state index is 0.267. The van der Waals surface area contributed by atoms with Crippen LogP contribution < -0.4 is 0 Å². The zero-order chi connectivity index (χ0) is 10.3. The number of likely N-dealkylation sites (N-methyl/N-ethyl adjacent to an activating group) is 1. The second-order valence-electron chi connectivity index (χ2n) is 4.79. The predicted octanol–water partition coefficient (Wildman–Crippen LogP) is 1.22. The molecule has 3 atom stereocenters. The third kappa shape index (κ3) is 1.71. The number of ether oxygens (including phenoxy) is 1. The van der Waals surface area contributed by atoms with E-state index in [0.717, 1.165) is 12.8 Å². The van der Waals surface area contributed by atoms with Crippen LogP contribution in [0.3, 0.4) is 0 Å². The van der Waals surface area contributed by atoms with Crippen LogP contribution in [-0.2, 0) is 9.53 Å². The van der Waals surface area contributed by atoms with Gasteiger partial charge in [0.2, 0.25) is 0 Å². The molecule has 0 spiro atoms. The lowest BCUT2D eigenvalue weighted by atomic mass is 10.0. The van der Waals surface area contributed by atoms with E-state index in [1.165, 1.54) is 0 Å². The lowest BCUT2D eigenvalue weighted by Gasteiger charge is -2.31. The highest BCUT2D eigenvalue weighted by molar-refractivity contribution is 5.81. The number of carbonyl (C=O) groups excluding carboxylic acids is 1. The molecule has 2 bridgehead atoms. The number of hydrogen-bond acceptors (Lipinski definition) is 3. The van der Waals surface area contributed by atoms with Gasteiger partial charge in [-0.05, 0) is 27.3 Å². The minimum Gasteiger partial charge on any atom is -0.374 e. The number of ketones is 1. The van der Waals surface area contributed by atoms with Gasteiger partial charge >= 0.3 is 0 Å². The molecule has 2 saturated heterocycles. The van der Waals surface area contributed by atoms with Crippen molar-refractivity contribution in [1.82, 2.24) is 4.90 Å². The molecule has 0 saturated carbocycles. The van der Waals surface area contributed by atoms with Crippen molar-refractivity contribution in [2.24, 2.45) is 0 Å². The van der Waals surface area contributed by atoms with Crippen LogP contribution >= 0.6 is 0 Å². The van der Waals surface area contributed by atoms with Crippen molar-refractivity contribution in [3.05, 3.63) is 0 Å². The summed E-state index contributed by atoms with van der Waals surface area (Å²) in [5, 5.41) is 0. The van der Waals surface area contributed by atoms with E-state index in [0.29, 0.717) is 24.3 Å². The highest BCUT2D eigenvalue weighted by Crippen LogP contribution is 2.34. The molecule has 2 fully saturated rings. The van der Waals surface area contributed by atoms with E-state index in [9.17, 15) is 4.79 Å². The van der Waals surface area contributed by atoms with Crippen LogP contribution in [-0.4, -0.2) is 42.0 Å². The van der Waals surface area contributed by atoms with E-state index in [1.807, 2.05) is 0 Å². The van der Waals surface area contributed by atoms with E-state index in [-0.39, 0.29) is 12.2 Å². The standard InChI is InChI=1S/C11H19NO2/c1-7(2)14-11-5-8-4-9(13)6-10(11)12(8)3/h7-8,10-11H,4-6H2,1-3H3/t8-,10+,11?/m1/s1. The molecule has 2 aliphatic rings. The quantitative estimate of drug-likeness (QED) is 0.666. The third-order valence-corrected chi connectivity index (χ3v) is 3.38. The van der Waals surface area contributed by atoms with Gasteiger partial charge in [0.1, 0.15) is 5.78 Å². The summed E-state index contributed by atoms with van der Waals surface area (Å²) in [5.41, 5.74) is 0. The van der Waals surface area contributed by atoms with E-state index in [4.69, 9.17) is 4.74 Å².